The van der Waals surface area contributed by atoms with Crippen molar-refractivity contribution in [3.05, 3.63) is 77.4 Å². The molecule has 0 radical (unpaired) electrons. The molecule has 2 fully saturated rings. The van der Waals surface area contributed by atoms with Crippen molar-refractivity contribution in [2.75, 3.05) is 59.7 Å². The van der Waals surface area contributed by atoms with Gasteiger partial charge in [-0.2, -0.15) is 0 Å². The third-order valence-corrected chi connectivity index (χ3v) is 9.14. The summed E-state index contributed by atoms with van der Waals surface area (Å²) in [5.41, 5.74) is 3.20. The zero-order valence-corrected chi connectivity index (χ0v) is 24.3. The van der Waals surface area contributed by atoms with Gasteiger partial charge in [-0.1, -0.05) is 12.1 Å². The van der Waals surface area contributed by atoms with Crippen LogP contribution in [0, 0.1) is 0 Å². The van der Waals surface area contributed by atoms with E-state index in [4.69, 9.17) is 14.2 Å². The number of hydrogen-bond acceptors (Lipinski definition) is 8. The van der Waals surface area contributed by atoms with E-state index in [0.29, 0.717) is 23.5 Å². The van der Waals surface area contributed by atoms with E-state index < -0.39 is 0 Å². The van der Waals surface area contributed by atoms with Gasteiger partial charge in [-0.05, 0) is 80.0 Å². The van der Waals surface area contributed by atoms with Gasteiger partial charge < -0.3 is 19.3 Å². The molecule has 6 rings (SSSR count). The number of nitrogens with zero attached hydrogens (tertiary/aromatic N) is 2. The average molecular weight is 573 g/mol. The van der Waals surface area contributed by atoms with Gasteiger partial charge in [0.1, 0.15) is 23.9 Å². The van der Waals surface area contributed by atoms with Crippen LogP contribution in [-0.4, -0.2) is 80.3 Å². The first kappa shape index (κ1) is 27.7. The monoisotopic (exact) mass is 572 g/mol. The standard InChI is InChI=1S/C33H36N2O5S/c1-38-29-20-24(4-5-25(29)22-35-14-17-39-18-15-35)32(37)31-28-11-8-26(36)21-30(28)41-33(31)23-6-9-27(10-7-23)40-19-16-34-12-2-3-13-34/h4-11,20-21,36H,2-3,12-19,22H2,1H3. The number of rotatable bonds is 10. The summed E-state index contributed by atoms with van der Waals surface area (Å²) >= 11 is 1.51. The van der Waals surface area contributed by atoms with E-state index in [0.717, 1.165) is 84.3 Å². The van der Waals surface area contributed by atoms with E-state index in [9.17, 15) is 9.90 Å². The Labute approximate surface area is 244 Å². The molecule has 2 aliphatic rings. The number of benzene rings is 3. The number of carbonyl (C=O) groups excluding carboxylic acids is 1. The minimum absolute atomic E-state index is 0.0703. The van der Waals surface area contributed by atoms with Crippen molar-refractivity contribution in [2.45, 2.75) is 19.4 Å². The van der Waals surface area contributed by atoms with E-state index >= 15 is 0 Å². The molecule has 0 bridgehead atoms. The number of hydrogen-bond donors (Lipinski definition) is 1. The number of phenols is 1. The highest BCUT2D eigenvalue weighted by Crippen LogP contribution is 2.42. The Morgan fingerprint density at radius 3 is 2.49 bits per heavy atom. The fourth-order valence-corrected chi connectivity index (χ4v) is 6.91. The number of fused-ring (bicyclic) bond motifs is 1. The fraction of sp³-hybridized carbons (Fsp3) is 0.364. The second-order valence-corrected chi connectivity index (χ2v) is 11.7. The van der Waals surface area contributed by atoms with Gasteiger partial charge in [-0.3, -0.25) is 14.6 Å². The topological polar surface area (TPSA) is 71.5 Å². The molecule has 1 aromatic heterocycles. The fourth-order valence-electron chi connectivity index (χ4n) is 5.68. The van der Waals surface area contributed by atoms with Crippen LogP contribution in [0.25, 0.3) is 20.5 Å². The molecule has 3 heterocycles. The summed E-state index contributed by atoms with van der Waals surface area (Å²) in [7, 11) is 1.65. The minimum atomic E-state index is -0.0703. The molecule has 0 saturated carbocycles. The van der Waals surface area contributed by atoms with Crippen molar-refractivity contribution in [3.63, 3.8) is 0 Å². The Balaban J connectivity index is 1.27. The van der Waals surface area contributed by atoms with Crippen LogP contribution in [0.3, 0.4) is 0 Å². The number of carbonyl (C=O) groups is 1. The van der Waals surface area contributed by atoms with Crippen LogP contribution >= 0.6 is 11.3 Å². The number of likely N-dealkylation sites (tertiary alicyclic amines) is 1. The summed E-state index contributed by atoms with van der Waals surface area (Å²) in [4.78, 5) is 19.8. The van der Waals surface area contributed by atoms with Crippen LogP contribution < -0.4 is 9.47 Å². The third-order valence-electron chi connectivity index (χ3n) is 7.94. The maximum Gasteiger partial charge on any atom is 0.195 e. The van der Waals surface area contributed by atoms with Crippen LogP contribution in [0.2, 0.25) is 0 Å². The van der Waals surface area contributed by atoms with Gasteiger partial charge in [0.25, 0.3) is 0 Å². The summed E-state index contributed by atoms with van der Waals surface area (Å²) in [5.74, 6) is 1.64. The van der Waals surface area contributed by atoms with Crippen molar-refractivity contribution < 1.29 is 24.1 Å². The van der Waals surface area contributed by atoms with E-state index in [2.05, 4.69) is 9.80 Å². The SMILES string of the molecule is COc1cc(C(=O)c2c(-c3ccc(OCCN4CCCC4)cc3)sc3cc(O)ccc23)ccc1CN1CCOCC1. The zero-order chi connectivity index (χ0) is 28.2. The largest absolute Gasteiger partial charge is 0.508 e. The quantitative estimate of drug-likeness (QED) is 0.240. The number of phenolic OH excluding ortho intramolecular Hbond substituents is 1. The lowest BCUT2D eigenvalue weighted by Crippen LogP contribution is -2.35. The van der Waals surface area contributed by atoms with Crippen LogP contribution in [0.15, 0.2) is 60.7 Å². The lowest BCUT2D eigenvalue weighted by molar-refractivity contribution is 0.0339. The highest BCUT2D eigenvalue weighted by Gasteiger charge is 2.23. The van der Waals surface area contributed by atoms with Gasteiger partial charge in [0, 0.05) is 57.8 Å². The smallest absolute Gasteiger partial charge is 0.195 e. The number of morpholine rings is 1. The first-order valence-corrected chi connectivity index (χ1v) is 15.1. The Kier molecular flexibility index (Phi) is 8.53. The Morgan fingerprint density at radius 1 is 0.951 bits per heavy atom. The Morgan fingerprint density at radius 2 is 1.73 bits per heavy atom. The summed E-state index contributed by atoms with van der Waals surface area (Å²) in [6.45, 7) is 7.88. The molecule has 0 unspecified atom stereocenters. The van der Waals surface area contributed by atoms with Crippen LogP contribution in [0.4, 0.5) is 0 Å². The third kappa shape index (κ3) is 6.26. The Bertz CT molecular complexity index is 1500. The molecule has 3 aromatic carbocycles. The molecule has 1 N–H and O–H groups in total. The number of aromatic hydroxyl groups is 1. The predicted molar refractivity (Wildman–Crippen MR) is 163 cm³/mol. The van der Waals surface area contributed by atoms with Crippen molar-refractivity contribution >= 4 is 27.2 Å². The maximum atomic E-state index is 14.1. The van der Waals surface area contributed by atoms with Gasteiger partial charge in [0.15, 0.2) is 5.78 Å². The average Bonchev–Trinajstić information content (AvgIpc) is 3.66. The van der Waals surface area contributed by atoms with Gasteiger partial charge >= 0.3 is 0 Å². The van der Waals surface area contributed by atoms with Crippen LogP contribution in [0.5, 0.6) is 17.2 Å². The molecule has 2 aliphatic heterocycles. The maximum absolute atomic E-state index is 14.1. The Hall–Kier alpha value is -3.43. The molecule has 7 nitrogen and oxygen atoms in total. The second-order valence-electron chi connectivity index (χ2n) is 10.7. The number of methoxy groups -OCH3 is 1. The molecule has 0 amide bonds. The summed E-state index contributed by atoms with van der Waals surface area (Å²) in [6.07, 6.45) is 2.54. The van der Waals surface area contributed by atoms with E-state index in [-0.39, 0.29) is 11.5 Å². The number of thiophene rings is 1. The lowest BCUT2D eigenvalue weighted by atomic mass is 9.96. The van der Waals surface area contributed by atoms with Gasteiger partial charge in [-0.25, -0.2) is 0 Å². The number of ketones is 1. The van der Waals surface area contributed by atoms with Crippen molar-refractivity contribution in [2.24, 2.45) is 0 Å². The molecule has 0 atom stereocenters. The van der Waals surface area contributed by atoms with Gasteiger partial charge in [-0.15, -0.1) is 11.3 Å². The normalized spacial score (nSPS) is 16.3. The molecular weight excluding hydrogens is 536 g/mol. The van der Waals surface area contributed by atoms with Gasteiger partial charge in [0.2, 0.25) is 0 Å². The summed E-state index contributed by atoms with van der Waals surface area (Å²) in [6, 6.07) is 18.9. The van der Waals surface area contributed by atoms with E-state index in [1.54, 1.807) is 19.2 Å². The summed E-state index contributed by atoms with van der Waals surface area (Å²) < 4.78 is 18.1. The molecule has 0 aliphatic carbocycles. The van der Waals surface area contributed by atoms with Crippen LogP contribution in [-0.2, 0) is 11.3 Å². The molecule has 41 heavy (non-hydrogen) atoms. The molecule has 2 saturated heterocycles. The first-order valence-electron chi connectivity index (χ1n) is 14.3. The second kappa shape index (κ2) is 12.6. The van der Waals surface area contributed by atoms with Crippen molar-refractivity contribution in [3.8, 4) is 27.7 Å². The summed E-state index contributed by atoms with van der Waals surface area (Å²) in [5, 5.41) is 11.0. The van der Waals surface area contributed by atoms with Gasteiger partial charge in [0.05, 0.1) is 20.3 Å². The van der Waals surface area contributed by atoms with E-state index in [1.165, 1.54) is 24.2 Å². The highest BCUT2D eigenvalue weighted by molar-refractivity contribution is 7.22. The molecule has 0 spiro atoms. The first-order chi connectivity index (χ1) is 20.1. The highest BCUT2D eigenvalue weighted by atomic mass is 32.1. The van der Waals surface area contributed by atoms with Crippen molar-refractivity contribution in [1.82, 2.24) is 9.80 Å². The van der Waals surface area contributed by atoms with Crippen molar-refractivity contribution in [1.29, 1.82) is 0 Å². The lowest BCUT2D eigenvalue weighted by Gasteiger charge is -2.27. The predicted octanol–water partition coefficient (Wildman–Crippen LogP) is 5.82. The number of ether oxygens (including phenoxy) is 3. The molecular formula is C33H36N2O5S. The zero-order valence-electron chi connectivity index (χ0n) is 23.4. The van der Waals surface area contributed by atoms with E-state index in [1.807, 2.05) is 48.5 Å². The molecule has 8 heteroatoms. The molecule has 214 valence electrons. The van der Waals surface area contributed by atoms with Crippen LogP contribution in [0.1, 0.15) is 34.3 Å². The molecule has 4 aromatic rings. The minimum Gasteiger partial charge on any atom is -0.508 e.